The maximum absolute atomic E-state index is 6.51. The van der Waals surface area contributed by atoms with Gasteiger partial charge in [-0.1, -0.05) is 182 Å². The van der Waals surface area contributed by atoms with Crippen LogP contribution in [0.2, 0.25) is 0 Å². The van der Waals surface area contributed by atoms with Crippen molar-refractivity contribution in [1.29, 1.82) is 0 Å². The maximum Gasteiger partial charge on any atom is 0.137 e. The highest BCUT2D eigenvalue weighted by Crippen LogP contribution is 2.56. The van der Waals surface area contributed by atoms with Crippen LogP contribution in [0.3, 0.4) is 0 Å². The second-order valence-electron chi connectivity index (χ2n) is 15.2. The molecule has 1 heterocycles. The Morgan fingerprint density at radius 1 is 0.414 bits per heavy atom. The van der Waals surface area contributed by atoms with E-state index in [1.54, 1.807) is 0 Å². The fourth-order valence-corrected chi connectivity index (χ4v) is 9.49. The van der Waals surface area contributed by atoms with Gasteiger partial charge in [-0.15, -0.1) is 0 Å². The lowest BCUT2D eigenvalue weighted by atomic mass is 9.67. The molecule has 0 saturated heterocycles. The summed E-state index contributed by atoms with van der Waals surface area (Å²) in [5.41, 5.74) is 17.2. The first kappa shape index (κ1) is 33.9. The number of fused-ring (bicyclic) bond motifs is 6. The van der Waals surface area contributed by atoms with Crippen molar-refractivity contribution in [3.05, 3.63) is 258 Å². The molecule has 58 heavy (non-hydrogen) atoms. The van der Waals surface area contributed by atoms with E-state index in [4.69, 9.17) is 4.42 Å². The average Bonchev–Trinajstić information content (AvgIpc) is 3.83. The third-order valence-electron chi connectivity index (χ3n) is 12.0. The third-order valence-corrected chi connectivity index (χ3v) is 12.0. The SMILES string of the molecule is c1ccc(Cc2ccc3oc4ccccc4c3c2N(c2ccccc2)c2ccc(-c3cccc(C4(c5ccccc5)c5ccccc5-c5ccccc54)c3)cc2)cc1. The zero-order valence-electron chi connectivity index (χ0n) is 31.9. The molecule has 0 amide bonds. The molecule has 0 unspecified atom stereocenters. The predicted octanol–water partition coefficient (Wildman–Crippen LogP) is 14.7. The Hall–Kier alpha value is -7.42. The Morgan fingerprint density at radius 3 is 1.72 bits per heavy atom. The standard InChI is InChI=1S/C56H39NO/c1-4-17-39(18-5-1)37-42-33-36-53-54(49-27-12-15-30-52(49)58-53)55(42)57(45-23-8-3-9-24-45)46-34-31-40(32-35-46)41-19-16-22-44(38-41)56(43-20-6-2-7-21-43)50-28-13-10-25-47(50)48-26-11-14-29-51(48)56/h1-36,38H,37H2. The van der Waals surface area contributed by atoms with Crippen LogP contribution >= 0.6 is 0 Å². The summed E-state index contributed by atoms with van der Waals surface area (Å²) >= 11 is 0. The van der Waals surface area contributed by atoms with Gasteiger partial charge in [-0.25, -0.2) is 0 Å². The first-order chi connectivity index (χ1) is 28.8. The van der Waals surface area contributed by atoms with Gasteiger partial charge in [0.1, 0.15) is 11.2 Å². The molecule has 0 radical (unpaired) electrons. The van der Waals surface area contributed by atoms with Crippen molar-refractivity contribution >= 4 is 39.0 Å². The highest BCUT2D eigenvalue weighted by Gasteiger charge is 2.45. The summed E-state index contributed by atoms with van der Waals surface area (Å²) in [7, 11) is 0. The molecule has 9 aromatic carbocycles. The highest BCUT2D eigenvalue weighted by molar-refractivity contribution is 6.14. The van der Waals surface area contributed by atoms with Gasteiger partial charge in [-0.05, 0) is 105 Å². The zero-order chi connectivity index (χ0) is 38.5. The summed E-state index contributed by atoms with van der Waals surface area (Å²) in [6.07, 6.45) is 0.787. The number of rotatable bonds is 8. The van der Waals surface area contributed by atoms with Crippen molar-refractivity contribution in [2.45, 2.75) is 11.8 Å². The van der Waals surface area contributed by atoms with E-state index in [1.165, 1.54) is 50.1 Å². The summed E-state index contributed by atoms with van der Waals surface area (Å²) in [5.74, 6) is 0. The van der Waals surface area contributed by atoms with Crippen molar-refractivity contribution in [3.8, 4) is 22.3 Å². The van der Waals surface area contributed by atoms with Crippen LogP contribution in [-0.2, 0) is 11.8 Å². The average molecular weight is 742 g/mol. The first-order valence-corrected chi connectivity index (χ1v) is 20.1. The van der Waals surface area contributed by atoms with E-state index in [9.17, 15) is 0 Å². The number of hydrogen-bond donors (Lipinski definition) is 0. The molecular formula is C56H39NO. The molecule has 0 aliphatic heterocycles. The summed E-state index contributed by atoms with van der Waals surface area (Å²) in [6, 6.07) is 81.4. The Balaban J connectivity index is 1.07. The van der Waals surface area contributed by atoms with E-state index in [0.29, 0.717) is 0 Å². The Bertz CT molecular complexity index is 3030. The van der Waals surface area contributed by atoms with E-state index in [2.05, 4.69) is 223 Å². The van der Waals surface area contributed by atoms with E-state index < -0.39 is 5.41 Å². The largest absolute Gasteiger partial charge is 0.456 e. The summed E-state index contributed by atoms with van der Waals surface area (Å²) in [6.45, 7) is 0. The first-order valence-electron chi connectivity index (χ1n) is 20.1. The number of hydrogen-bond acceptors (Lipinski definition) is 2. The molecule has 0 atom stereocenters. The third kappa shape index (κ3) is 5.41. The van der Waals surface area contributed by atoms with Crippen molar-refractivity contribution in [2.75, 3.05) is 4.90 Å². The van der Waals surface area contributed by atoms with Gasteiger partial charge in [-0.2, -0.15) is 0 Å². The predicted molar refractivity (Wildman–Crippen MR) is 240 cm³/mol. The Kier molecular flexibility index (Phi) is 8.15. The monoisotopic (exact) mass is 741 g/mol. The van der Waals surface area contributed by atoms with Crippen LogP contribution in [-0.4, -0.2) is 0 Å². The topological polar surface area (TPSA) is 16.4 Å². The molecule has 10 aromatic rings. The molecule has 274 valence electrons. The lowest BCUT2D eigenvalue weighted by molar-refractivity contribution is 0.669. The highest BCUT2D eigenvalue weighted by atomic mass is 16.3. The van der Waals surface area contributed by atoms with Crippen LogP contribution < -0.4 is 4.90 Å². The summed E-state index contributed by atoms with van der Waals surface area (Å²) < 4.78 is 6.51. The minimum Gasteiger partial charge on any atom is -0.456 e. The van der Waals surface area contributed by atoms with Gasteiger partial charge in [0, 0.05) is 16.8 Å². The van der Waals surface area contributed by atoms with Gasteiger partial charge < -0.3 is 9.32 Å². The van der Waals surface area contributed by atoms with E-state index in [-0.39, 0.29) is 0 Å². The Labute approximate surface area is 338 Å². The number of para-hydroxylation sites is 2. The molecule has 2 heteroatoms. The molecule has 1 aliphatic rings. The van der Waals surface area contributed by atoms with Gasteiger partial charge in [-0.3, -0.25) is 0 Å². The van der Waals surface area contributed by atoms with Crippen molar-refractivity contribution in [3.63, 3.8) is 0 Å². The van der Waals surface area contributed by atoms with Gasteiger partial charge in [0.2, 0.25) is 0 Å². The normalized spacial score (nSPS) is 12.7. The van der Waals surface area contributed by atoms with Crippen LogP contribution in [0.25, 0.3) is 44.2 Å². The molecule has 1 aliphatic carbocycles. The molecule has 0 bridgehead atoms. The minimum absolute atomic E-state index is 0.449. The van der Waals surface area contributed by atoms with Crippen molar-refractivity contribution in [2.24, 2.45) is 0 Å². The minimum atomic E-state index is -0.449. The lowest BCUT2D eigenvalue weighted by Gasteiger charge is -2.34. The zero-order valence-corrected chi connectivity index (χ0v) is 31.9. The molecular weight excluding hydrogens is 703 g/mol. The molecule has 2 nitrogen and oxygen atoms in total. The number of furan rings is 1. The molecule has 0 N–H and O–H groups in total. The molecule has 0 saturated carbocycles. The van der Waals surface area contributed by atoms with Gasteiger partial charge in [0.05, 0.1) is 16.5 Å². The van der Waals surface area contributed by atoms with E-state index >= 15 is 0 Å². The second kappa shape index (κ2) is 14.0. The second-order valence-corrected chi connectivity index (χ2v) is 15.2. The van der Waals surface area contributed by atoms with Crippen LogP contribution in [0.5, 0.6) is 0 Å². The van der Waals surface area contributed by atoms with Gasteiger partial charge in [0.25, 0.3) is 0 Å². The van der Waals surface area contributed by atoms with Crippen LogP contribution in [0.15, 0.2) is 229 Å². The number of benzene rings is 9. The molecule has 11 rings (SSSR count). The van der Waals surface area contributed by atoms with Crippen LogP contribution in [0.1, 0.15) is 33.4 Å². The number of anilines is 3. The fraction of sp³-hybridized carbons (Fsp3) is 0.0357. The maximum atomic E-state index is 6.51. The summed E-state index contributed by atoms with van der Waals surface area (Å²) in [5, 5.41) is 2.23. The fourth-order valence-electron chi connectivity index (χ4n) is 9.49. The summed E-state index contributed by atoms with van der Waals surface area (Å²) in [4.78, 5) is 2.42. The molecule has 1 aromatic heterocycles. The van der Waals surface area contributed by atoms with Crippen LogP contribution in [0.4, 0.5) is 17.1 Å². The van der Waals surface area contributed by atoms with Crippen LogP contribution in [0, 0.1) is 0 Å². The van der Waals surface area contributed by atoms with Crippen molar-refractivity contribution in [1.82, 2.24) is 0 Å². The molecule has 0 spiro atoms. The lowest BCUT2D eigenvalue weighted by Crippen LogP contribution is -2.28. The smallest absolute Gasteiger partial charge is 0.137 e. The quantitative estimate of drug-likeness (QED) is 0.154. The van der Waals surface area contributed by atoms with E-state index in [1.807, 2.05) is 6.07 Å². The molecule has 0 fully saturated rings. The van der Waals surface area contributed by atoms with Crippen molar-refractivity contribution < 1.29 is 4.42 Å². The van der Waals surface area contributed by atoms with E-state index in [0.717, 1.165) is 51.0 Å². The van der Waals surface area contributed by atoms with Gasteiger partial charge in [0.15, 0.2) is 0 Å². The number of nitrogens with zero attached hydrogens (tertiary/aromatic N) is 1. The van der Waals surface area contributed by atoms with Gasteiger partial charge >= 0.3 is 0 Å². The Morgan fingerprint density at radius 2 is 1.00 bits per heavy atom.